The molecule has 0 bridgehead atoms. The number of aromatic nitrogens is 5. The van der Waals surface area contributed by atoms with Gasteiger partial charge in [0.15, 0.2) is 0 Å². The lowest BCUT2D eigenvalue weighted by atomic mass is 10.0. The Morgan fingerprint density at radius 3 is 2.46 bits per heavy atom. The number of rotatable bonds is 3. The van der Waals surface area contributed by atoms with Crippen LogP contribution in [0.1, 0.15) is 12.6 Å². The van der Waals surface area contributed by atoms with Crippen molar-refractivity contribution in [1.82, 2.24) is 25.1 Å². The van der Waals surface area contributed by atoms with Crippen molar-refractivity contribution in [2.45, 2.75) is 13.3 Å². The topological polar surface area (TPSA) is 90.5 Å². The zero-order valence-corrected chi connectivity index (χ0v) is 14.0. The average molecular weight is 346 g/mol. The van der Waals surface area contributed by atoms with Crippen molar-refractivity contribution in [3.8, 4) is 22.5 Å². The first kappa shape index (κ1) is 16.0. The molecule has 0 aliphatic heterocycles. The van der Waals surface area contributed by atoms with Gasteiger partial charge < -0.3 is 5.73 Å². The van der Waals surface area contributed by atoms with Gasteiger partial charge in [-0.15, -0.1) is 10.2 Å². The van der Waals surface area contributed by atoms with Gasteiger partial charge in [-0.3, -0.25) is 0 Å². The van der Waals surface area contributed by atoms with E-state index in [-0.39, 0.29) is 11.8 Å². The lowest BCUT2D eigenvalue weighted by Crippen LogP contribution is -2.02. The van der Waals surface area contributed by atoms with Gasteiger partial charge in [-0.25, -0.2) is 19.3 Å². The third kappa shape index (κ3) is 2.83. The Bertz CT molecular complexity index is 1090. The number of anilines is 1. The molecule has 0 unspecified atom stereocenters. The van der Waals surface area contributed by atoms with Crippen LogP contribution in [-0.4, -0.2) is 25.1 Å². The van der Waals surface area contributed by atoms with Crippen LogP contribution in [0.2, 0.25) is 0 Å². The van der Waals surface area contributed by atoms with Crippen molar-refractivity contribution in [3.63, 3.8) is 0 Å². The molecule has 2 aromatic carbocycles. The predicted octanol–water partition coefficient (Wildman–Crippen LogP) is 3.43. The molecule has 4 aromatic rings. The molecular formula is C19H15FN6. The van der Waals surface area contributed by atoms with Gasteiger partial charge in [0.25, 0.3) is 0 Å². The second-order valence-corrected chi connectivity index (χ2v) is 5.78. The lowest BCUT2D eigenvalue weighted by Gasteiger charge is -2.10. The molecule has 0 atom stereocenters. The molecule has 26 heavy (non-hydrogen) atoms. The molecule has 4 rings (SSSR count). The summed E-state index contributed by atoms with van der Waals surface area (Å²) in [5, 5.41) is 9.09. The predicted molar refractivity (Wildman–Crippen MR) is 97.5 cm³/mol. The molecule has 6 nitrogen and oxygen atoms in total. The van der Waals surface area contributed by atoms with E-state index >= 15 is 0 Å². The standard InChI is InChI=1S/C19H15FN6/c1-2-15-14-9-12(5-8-16(14)23-10-22-15)18-17(24-19(21)26-25-18)11-3-6-13(20)7-4-11/h3-10H,2H2,1H3,(H2,21,24,26). The monoisotopic (exact) mass is 346 g/mol. The first-order chi connectivity index (χ1) is 12.7. The molecule has 2 heterocycles. The van der Waals surface area contributed by atoms with Crippen molar-refractivity contribution in [1.29, 1.82) is 0 Å². The largest absolute Gasteiger partial charge is 0.366 e. The number of aryl methyl sites for hydroxylation is 1. The minimum absolute atomic E-state index is 0.0615. The maximum absolute atomic E-state index is 13.3. The highest BCUT2D eigenvalue weighted by atomic mass is 19.1. The van der Waals surface area contributed by atoms with Gasteiger partial charge >= 0.3 is 0 Å². The molecule has 0 fully saturated rings. The van der Waals surface area contributed by atoms with E-state index in [0.29, 0.717) is 17.0 Å². The van der Waals surface area contributed by atoms with Crippen molar-refractivity contribution in [3.05, 3.63) is 60.3 Å². The third-order valence-electron chi connectivity index (χ3n) is 4.15. The summed E-state index contributed by atoms with van der Waals surface area (Å²) >= 11 is 0. The summed E-state index contributed by atoms with van der Waals surface area (Å²) in [6.45, 7) is 2.04. The Labute approximate surface area is 149 Å². The number of nitrogen functional groups attached to an aromatic ring is 1. The summed E-state index contributed by atoms with van der Waals surface area (Å²) in [5.41, 5.74) is 10.2. The number of halogens is 1. The zero-order chi connectivity index (χ0) is 18.1. The quantitative estimate of drug-likeness (QED) is 0.611. The van der Waals surface area contributed by atoms with Crippen LogP contribution in [0.5, 0.6) is 0 Å². The minimum atomic E-state index is -0.319. The fourth-order valence-electron chi connectivity index (χ4n) is 2.88. The van der Waals surface area contributed by atoms with Crippen LogP contribution < -0.4 is 5.73 Å². The molecule has 0 radical (unpaired) electrons. The molecule has 0 saturated heterocycles. The fraction of sp³-hybridized carbons (Fsp3) is 0.105. The van der Waals surface area contributed by atoms with Gasteiger partial charge in [0.05, 0.1) is 11.2 Å². The SMILES string of the molecule is CCc1ncnc2ccc(-c3nnc(N)nc3-c3ccc(F)cc3)cc12. The van der Waals surface area contributed by atoms with Gasteiger partial charge in [0.2, 0.25) is 5.95 Å². The first-order valence-corrected chi connectivity index (χ1v) is 8.16. The Balaban J connectivity index is 1.93. The summed E-state index contributed by atoms with van der Waals surface area (Å²) in [6, 6.07) is 11.8. The van der Waals surface area contributed by atoms with E-state index in [1.165, 1.54) is 12.1 Å². The molecule has 0 aliphatic rings. The van der Waals surface area contributed by atoms with Gasteiger partial charge in [-0.1, -0.05) is 13.0 Å². The maximum Gasteiger partial charge on any atom is 0.240 e. The highest BCUT2D eigenvalue weighted by Gasteiger charge is 2.14. The highest BCUT2D eigenvalue weighted by molar-refractivity contribution is 5.88. The summed E-state index contributed by atoms with van der Waals surface area (Å²) in [4.78, 5) is 13.0. The maximum atomic E-state index is 13.3. The summed E-state index contributed by atoms with van der Waals surface area (Å²) in [6.07, 6.45) is 2.36. The third-order valence-corrected chi connectivity index (χ3v) is 4.15. The van der Waals surface area contributed by atoms with Crippen LogP contribution in [-0.2, 0) is 6.42 Å². The Hall–Kier alpha value is -3.48. The molecule has 128 valence electrons. The van der Waals surface area contributed by atoms with Gasteiger partial charge in [0, 0.05) is 16.5 Å². The summed E-state index contributed by atoms with van der Waals surface area (Å²) in [7, 11) is 0. The van der Waals surface area contributed by atoms with Crippen LogP contribution in [0.3, 0.4) is 0 Å². The number of fused-ring (bicyclic) bond motifs is 1. The second-order valence-electron chi connectivity index (χ2n) is 5.78. The minimum Gasteiger partial charge on any atom is -0.366 e. The van der Waals surface area contributed by atoms with E-state index in [1.54, 1.807) is 18.5 Å². The molecule has 0 spiro atoms. The number of nitrogens with two attached hydrogens (primary N) is 1. The second kappa shape index (κ2) is 6.44. The fourth-order valence-corrected chi connectivity index (χ4v) is 2.88. The highest BCUT2D eigenvalue weighted by Crippen LogP contribution is 2.31. The molecular weight excluding hydrogens is 331 g/mol. The van der Waals surface area contributed by atoms with Crippen LogP contribution in [0.15, 0.2) is 48.8 Å². The molecule has 0 amide bonds. The summed E-state index contributed by atoms with van der Waals surface area (Å²) < 4.78 is 13.3. The van der Waals surface area contributed by atoms with E-state index < -0.39 is 0 Å². The van der Waals surface area contributed by atoms with Crippen molar-refractivity contribution in [2.75, 3.05) is 5.73 Å². The molecule has 7 heteroatoms. The lowest BCUT2D eigenvalue weighted by molar-refractivity contribution is 0.628. The van der Waals surface area contributed by atoms with Crippen LogP contribution >= 0.6 is 0 Å². The van der Waals surface area contributed by atoms with Crippen molar-refractivity contribution < 1.29 is 4.39 Å². The zero-order valence-electron chi connectivity index (χ0n) is 14.0. The van der Waals surface area contributed by atoms with Gasteiger partial charge in [0.1, 0.15) is 23.5 Å². The number of hydrogen-bond donors (Lipinski definition) is 1. The number of nitrogens with zero attached hydrogens (tertiary/aromatic N) is 5. The Morgan fingerprint density at radius 1 is 0.923 bits per heavy atom. The molecule has 0 saturated carbocycles. The van der Waals surface area contributed by atoms with Gasteiger partial charge in [-0.05, 0) is 42.8 Å². The van der Waals surface area contributed by atoms with E-state index in [0.717, 1.165) is 28.6 Å². The summed E-state index contributed by atoms with van der Waals surface area (Å²) in [5.74, 6) is -0.257. The van der Waals surface area contributed by atoms with Crippen molar-refractivity contribution >= 4 is 16.9 Å². The smallest absolute Gasteiger partial charge is 0.240 e. The first-order valence-electron chi connectivity index (χ1n) is 8.16. The van der Waals surface area contributed by atoms with Crippen LogP contribution in [0.4, 0.5) is 10.3 Å². The van der Waals surface area contributed by atoms with E-state index in [2.05, 4.69) is 25.1 Å². The molecule has 0 aliphatic carbocycles. The Morgan fingerprint density at radius 2 is 1.69 bits per heavy atom. The van der Waals surface area contributed by atoms with Gasteiger partial charge in [-0.2, -0.15) is 0 Å². The number of benzene rings is 2. The normalized spacial score (nSPS) is 11.0. The molecule has 2 aromatic heterocycles. The number of hydrogen-bond acceptors (Lipinski definition) is 6. The van der Waals surface area contributed by atoms with E-state index in [4.69, 9.17) is 5.73 Å². The van der Waals surface area contributed by atoms with Crippen molar-refractivity contribution in [2.24, 2.45) is 0 Å². The Kier molecular flexibility index (Phi) is 3.96. The molecule has 2 N–H and O–H groups in total. The van der Waals surface area contributed by atoms with E-state index in [9.17, 15) is 4.39 Å². The van der Waals surface area contributed by atoms with Crippen LogP contribution in [0, 0.1) is 5.82 Å². The average Bonchev–Trinajstić information content (AvgIpc) is 2.67. The van der Waals surface area contributed by atoms with Crippen LogP contribution in [0.25, 0.3) is 33.4 Å². The van der Waals surface area contributed by atoms with E-state index in [1.807, 2.05) is 25.1 Å².